The average Bonchev–Trinajstić information content (AvgIpc) is 2.30. The van der Waals surface area contributed by atoms with Crippen molar-refractivity contribution in [2.75, 3.05) is 13.7 Å². The highest BCUT2D eigenvalue weighted by molar-refractivity contribution is 5.25. The molecule has 2 heteroatoms. The molecule has 0 saturated carbocycles. The number of hydrogen-bond donors (Lipinski definition) is 1. The topological polar surface area (TPSA) is 29.5 Å². The molecule has 0 aliphatic carbocycles. The van der Waals surface area contributed by atoms with Crippen LogP contribution in [0.15, 0.2) is 24.3 Å². The van der Waals surface area contributed by atoms with Gasteiger partial charge in [0.15, 0.2) is 0 Å². The zero-order valence-electron chi connectivity index (χ0n) is 11.4. The first-order valence-electron chi connectivity index (χ1n) is 6.31. The minimum Gasteiger partial charge on any atom is -0.387 e. The van der Waals surface area contributed by atoms with Crippen LogP contribution >= 0.6 is 0 Å². The van der Waals surface area contributed by atoms with Crippen LogP contribution in [-0.4, -0.2) is 24.4 Å². The van der Waals surface area contributed by atoms with Crippen LogP contribution in [-0.2, 0) is 11.2 Å². The molecule has 1 rings (SSSR count). The van der Waals surface area contributed by atoms with Gasteiger partial charge in [-0.3, -0.25) is 0 Å². The summed E-state index contributed by atoms with van der Waals surface area (Å²) in [6, 6.07) is 8.49. The summed E-state index contributed by atoms with van der Waals surface area (Å²) >= 11 is 0. The Balaban J connectivity index is 2.73. The van der Waals surface area contributed by atoms with Crippen molar-refractivity contribution in [2.24, 2.45) is 0 Å². The fourth-order valence-electron chi connectivity index (χ4n) is 1.95. The highest BCUT2D eigenvalue weighted by Gasteiger charge is 2.24. The second kappa shape index (κ2) is 6.18. The molecule has 1 N–H and O–H groups in total. The quantitative estimate of drug-likeness (QED) is 0.822. The van der Waals surface area contributed by atoms with E-state index >= 15 is 0 Å². The van der Waals surface area contributed by atoms with Crippen LogP contribution in [0.5, 0.6) is 0 Å². The Morgan fingerprint density at radius 2 is 1.82 bits per heavy atom. The second-order valence-electron chi connectivity index (χ2n) is 5.08. The van der Waals surface area contributed by atoms with Crippen molar-refractivity contribution < 1.29 is 9.84 Å². The van der Waals surface area contributed by atoms with E-state index in [0.717, 1.165) is 5.56 Å². The summed E-state index contributed by atoms with van der Waals surface area (Å²) in [5.41, 5.74) is 1.75. The lowest BCUT2D eigenvalue weighted by Crippen LogP contribution is -2.35. The predicted octanol–water partition coefficient (Wildman–Crippen LogP) is 3.14. The largest absolute Gasteiger partial charge is 0.387 e. The molecule has 0 aliphatic rings. The molecule has 96 valence electrons. The van der Waals surface area contributed by atoms with Gasteiger partial charge in [0, 0.05) is 13.5 Å². The fourth-order valence-corrected chi connectivity index (χ4v) is 1.95. The minimum atomic E-state index is -0.742. The van der Waals surface area contributed by atoms with Crippen molar-refractivity contribution in [3.63, 3.8) is 0 Å². The van der Waals surface area contributed by atoms with Crippen LogP contribution in [0.4, 0.5) is 0 Å². The van der Waals surface area contributed by atoms with Gasteiger partial charge in [0.1, 0.15) is 0 Å². The van der Waals surface area contributed by atoms with Gasteiger partial charge < -0.3 is 9.84 Å². The van der Waals surface area contributed by atoms with Gasteiger partial charge in [-0.05, 0) is 23.5 Å². The second-order valence-corrected chi connectivity index (χ2v) is 5.08. The number of benzene rings is 1. The standard InChI is InChI=1S/C15H24O2/c1-5-15(16,11-17-4)10-13-6-8-14(9-7-13)12(2)3/h6-9,12,16H,5,10-11H2,1-4H3. The van der Waals surface area contributed by atoms with Crippen molar-refractivity contribution in [1.29, 1.82) is 0 Å². The number of hydrogen-bond acceptors (Lipinski definition) is 2. The number of aliphatic hydroxyl groups is 1. The Labute approximate surface area is 105 Å². The molecule has 1 aromatic carbocycles. The molecule has 0 amide bonds. The van der Waals surface area contributed by atoms with Gasteiger partial charge in [-0.2, -0.15) is 0 Å². The van der Waals surface area contributed by atoms with Gasteiger partial charge in [0.05, 0.1) is 12.2 Å². The Kier molecular flexibility index (Phi) is 5.16. The van der Waals surface area contributed by atoms with E-state index in [1.165, 1.54) is 5.56 Å². The first-order valence-corrected chi connectivity index (χ1v) is 6.31. The molecular weight excluding hydrogens is 212 g/mol. The first kappa shape index (κ1) is 14.2. The molecule has 0 heterocycles. The van der Waals surface area contributed by atoms with E-state index in [9.17, 15) is 5.11 Å². The highest BCUT2D eigenvalue weighted by atomic mass is 16.5. The molecule has 2 nitrogen and oxygen atoms in total. The summed E-state index contributed by atoms with van der Waals surface area (Å²) in [6.45, 7) is 6.74. The Morgan fingerprint density at radius 1 is 1.24 bits per heavy atom. The van der Waals surface area contributed by atoms with E-state index < -0.39 is 5.60 Å². The van der Waals surface area contributed by atoms with Crippen LogP contribution in [0.1, 0.15) is 44.2 Å². The number of rotatable bonds is 6. The SMILES string of the molecule is CCC(O)(COC)Cc1ccc(C(C)C)cc1. The number of ether oxygens (including phenoxy) is 1. The van der Waals surface area contributed by atoms with E-state index in [2.05, 4.69) is 38.1 Å². The van der Waals surface area contributed by atoms with Crippen LogP contribution < -0.4 is 0 Å². The Hall–Kier alpha value is -0.860. The lowest BCUT2D eigenvalue weighted by Gasteiger charge is -2.26. The molecule has 1 unspecified atom stereocenters. The zero-order chi connectivity index (χ0) is 12.9. The van der Waals surface area contributed by atoms with Crippen LogP contribution in [0.3, 0.4) is 0 Å². The third-order valence-electron chi connectivity index (χ3n) is 3.25. The maximum absolute atomic E-state index is 10.3. The maximum atomic E-state index is 10.3. The lowest BCUT2D eigenvalue weighted by atomic mass is 9.91. The molecule has 0 aromatic heterocycles. The van der Waals surface area contributed by atoms with E-state index in [4.69, 9.17) is 4.74 Å². The Bertz CT molecular complexity index is 329. The highest BCUT2D eigenvalue weighted by Crippen LogP contribution is 2.20. The average molecular weight is 236 g/mol. The minimum absolute atomic E-state index is 0.384. The normalized spacial score (nSPS) is 14.9. The molecule has 0 aliphatic heterocycles. The third kappa shape index (κ3) is 4.14. The molecule has 0 fully saturated rings. The number of methoxy groups -OCH3 is 1. The van der Waals surface area contributed by atoms with Gasteiger partial charge in [-0.1, -0.05) is 45.0 Å². The third-order valence-corrected chi connectivity index (χ3v) is 3.25. The molecule has 1 atom stereocenters. The molecular formula is C15H24O2. The molecule has 0 bridgehead atoms. The smallest absolute Gasteiger partial charge is 0.0917 e. The summed E-state index contributed by atoms with van der Waals surface area (Å²) in [7, 11) is 1.63. The monoisotopic (exact) mass is 236 g/mol. The molecule has 1 aromatic rings. The summed E-state index contributed by atoms with van der Waals surface area (Å²) in [5.74, 6) is 0.549. The van der Waals surface area contributed by atoms with Crippen LogP contribution in [0.2, 0.25) is 0 Å². The van der Waals surface area contributed by atoms with Gasteiger partial charge in [0.25, 0.3) is 0 Å². The van der Waals surface area contributed by atoms with E-state index in [1.54, 1.807) is 7.11 Å². The molecule has 0 spiro atoms. The van der Waals surface area contributed by atoms with Crippen molar-refractivity contribution in [3.8, 4) is 0 Å². The zero-order valence-corrected chi connectivity index (χ0v) is 11.4. The van der Waals surface area contributed by atoms with Crippen molar-refractivity contribution >= 4 is 0 Å². The van der Waals surface area contributed by atoms with Gasteiger partial charge in [-0.25, -0.2) is 0 Å². The predicted molar refractivity (Wildman–Crippen MR) is 71.4 cm³/mol. The van der Waals surface area contributed by atoms with E-state index in [1.807, 2.05) is 6.92 Å². The van der Waals surface area contributed by atoms with Crippen LogP contribution in [0.25, 0.3) is 0 Å². The summed E-state index contributed by atoms with van der Waals surface area (Å²) in [4.78, 5) is 0. The van der Waals surface area contributed by atoms with E-state index in [-0.39, 0.29) is 0 Å². The van der Waals surface area contributed by atoms with Gasteiger partial charge in [-0.15, -0.1) is 0 Å². The Morgan fingerprint density at radius 3 is 2.24 bits per heavy atom. The lowest BCUT2D eigenvalue weighted by molar-refractivity contribution is -0.0333. The molecule has 17 heavy (non-hydrogen) atoms. The summed E-state index contributed by atoms with van der Waals surface area (Å²) in [6.07, 6.45) is 1.35. The summed E-state index contributed by atoms with van der Waals surface area (Å²) < 4.78 is 5.08. The summed E-state index contributed by atoms with van der Waals surface area (Å²) in [5, 5.41) is 10.3. The maximum Gasteiger partial charge on any atom is 0.0917 e. The van der Waals surface area contributed by atoms with Crippen molar-refractivity contribution in [1.82, 2.24) is 0 Å². The fraction of sp³-hybridized carbons (Fsp3) is 0.600. The molecule has 0 radical (unpaired) electrons. The van der Waals surface area contributed by atoms with Gasteiger partial charge >= 0.3 is 0 Å². The molecule has 0 saturated heterocycles. The van der Waals surface area contributed by atoms with Crippen LogP contribution in [0, 0.1) is 0 Å². The van der Waals surface area contributed by atoms with Crippen molar-refractivity contribution in [3.05, 3.63) is 35.4 Å². The first-order chi connectivity index (χ1) is 8.00. The van der Waals surface area contributed by atoms with E-state index in [0.29, 0.717) is 25.4 Å². The van der Waals surface area contributed by atoms with Crippen molar-refractivity contribution in [2.45, 2.75) is 45.1 Å². The van der Waals surface area contributed by atoms with Gasteiger partial charge in [0.2, 0.25) is 0 Å².